The first-order chi connectivity index (χ1) is 9.26. The molecule has 0 saturated carbocycles. The van der Waals surface area contributed by atoms with Crippen molar-refractivity contribution in [1.82, 2.24) is 14.7 Å². The number of aryl methyl sites for hydroxylation is 1. The Balaban J connectivity index is 2.18. The number of benzene rings is 1. The van der Waals surface area contributed by atoms with E-state index in [9.17, 15) is 0 Å². The molecule has 19 heavy (non-hydrogen) atoms. The van der Waals surface area contributed by atoms with Crippen molar-refractivity contribution in [3.8, 4) is 0 Å². The Morgan fingerprint density at radius 2 is 2.11 bits per heavy atom. The second-order valence-corrected chi connectivity index (χ2v) is 4.92. The fourth-order valence-corrected chi connectivity index (χ4v) is 2.47. The van der Waals surface area contributed by atoms with Crippen molar-refractivity contribution in [2.45, 2.75) is 6.54 Å². The van der Waals surface area contributed by atoms with Gasteiger partial charge in [0.15, 0.2) is 0 Å². The predicted molar refractivity (Wildman–Crippen MR) is 78.6 cm³/mol. The van der Waals surface area contributed by atoms with Crippen LogP contribution in [0.2, 0.25) is 0 Å². The number of alkyl halides is 1. The Morgan fingerprint density at radius 1 is 1.32 bits per heavy atom. The molecule has 0 radical (unpaired) electrons. The number of hydrogen-bond acceptors (Lipinski definition) is 3. The summed E-state index contributed by atoms with van der Waals surface area (Å²) in [7, 11) is 3.70. The van der Waals surface area contributed by atoms with Gasteiger partial charge >= 0.3 is 0 Å². The zero-order valence-electron chi connectivity index (χ0n) is 11.5. The summed E-state index contributed by atoms with van der Waals surface area (Å²) >= 11 is 5.86. The largest absolute Gasteiger partial charge is 0.383 e. The average Bonchev–Trinajstić information content (AvgIpc) is 2.74. The number of rotatable bonds is 7. The first-order valence-electron chi connectivity index (χ1n) is 6.44. The Morgan fingerprint density at radius 3 is 2.84 bits per heavy atom. The summed E-state index contributed by atoms with van der Waals surface area (Å²) in [5.74, 6) is 0.620. The average molecular weight is 282 g/mol. The van der Waals surface area contributed by atoms with Crippen LogP contribution in [0.1, 0.15) is 5.69 Å². The third-order valence-electron chi connectivity index (χ3n) is 3.22. The van der Waals surface area contributed by atoms with Gasteiger partial charge < -0.3 is 4.74 Å². The zero-order chi connectivity index (χ0) is 13.7. The standard InChI is InChI=1S/C14H20ClN3O/c1-17-14-6-4-3-5-12(14)13(16-17)11-18(8-7-15)9-10-19-2/h3-6H,7-11H2,1-2H3. The molecule has 104 valence electrons. The molecule has 0 aliphatic heterocycles. The van der Waals surface area contributed by atoms with Gasteiger partial charge in [-0.05, 0) is 6.07 Å². The molecule has 0 amide bonds. The van der Waals surface area contributed by atoms with E-state index in [0.29, 0.717) is 12.5 Å². The monoisotopic (exact) mass is 281 g/mol. The third-order valence-corrected chi connectivity index (χ3v) is 3.39. The highest BCUT2D eigenvalue weighted by atomic mass is 35.5. The molecule has 1 heterocycles. The summed E-state index contributed by atoms with van der Waals surface area (Å²) in [6.45, 7) is 3.23. The van der Waals surface area contributed by atoms with Crippen molar-refractivity contribution in [1.29, 1.82) is 0 Å². The summed E-state index contributed by atoms with van der Waals surface area (Å²) in [4.78, 5) is 2.27. The molecule has 1 aromatic heterocycles. The maximum absolute atomic E-state index is 5.86. The van der Waals surface area contributed by atoms with Gasteiger partial charge in [-0.3, -0.25) is 9.58 Å². The first-order valence-corrected chi connectivity index (χ1v) is 6.97. The first kappa shape index (κ1) is 14.3. The van der Waals surface area contributed by atoms with Crippen LogP contribution in [0.15, 0.2) is 24.3 Å². The lowest BCUT2D eigenvalue weighted by Gasteiger charge is -2.19. The molecule has 0 saturated heterocycles. The minimum atomic E-state index is 0.620. The van der Waals surface area contributed by atoms with Crippen LogP contribution in [-0.2, 0) is 18.3 Å². The van der Waals surface area contributed by atoms with Gasteiger partial charge in [0.1, 0.15) is 0 Å². The van der Waals surface area contributed by atoms with E-state index in [1.54, 1.807) is 7.11 Å². The molecule has 0 N–H and O–H groups in total. The van der Waals surface area contributed by atoms with E-state index in [4.69, 9.17) is 16.3 Å². The zero-order valence-corrected chi connectivity index (χ0v) is 12.2. The van der Waals surface area contributed by atoms with Crippen LogP contribution in [0.4, 0.5) is 0 Å². The molecular weight excluding hydrogens is 262 g/mol. The van der Waals surface area contributed by atoms with E-state index < -0.39 is 0 Å². The SMILES string of the molecule is COCCN(CCCl)Cc1nn(C)c2ccccc12. The molecule has 0 fully saturated rings. The molecule has 2 aromatic rings. The van der Waals surface area contributed by atoms with Crippen molar-refractivity contribution in [2.24, 2.45) is 7.05 Å². The summed E-state index contributed by atoms with van der Waals surface area (Å²) in [5.41, 5.74) is 2.26. The number of ether oxygens (including phenoxy) is 1. The highest BCUT2D eigenvalue weighted by molar-refractivity contribution is 6.18. The number of para-hydroxylation sites is 1. The van der Waals surface area contributed by atoms with Crippen LogP contribution < -0.4 is 0 Å². The van der Waals surface area contributed by atoms with Gasteiger partial charge in [-0.1, -0.05) is 18.2 Å². The second-order valence-electron chi connectivity index (χ2n) is 4.55. The minimum Gasteiger partial charge on any atom is -0.383 e. The predicted octanol–water partition coefficient (Wildman–Crippen LogP) is 2.26. The Kier molecular flexibility index (Phi) is 5.19. The van der Waals surface area contributed by atoms with Crippen LogP contribution in [0, 0.1) is 0 Å². The van der Waals surface area contributed by atoms with E-state index in [0.717, 1.165) is 30.8 Å². The Labute approximate surface area is 118 Å². The van der Waals surface area contributed by atoms with Gasteiger partial charge in [0.2, 0.25) is 0 Å². The van der Waals surface area contributed by atoms with Crippen LogP contribution in [0.3, 0.4) is 0 Å². The number of aromatic nitrogens is 2. The van der Waals surface area contributed by atoms with Crippen LogP contribution >= 0.6 is 11.6 Å². The minimum absolute atomic E-state index is 0.620. The maximum atomic E-state index is 5.86. The van der Waals surface area contributed by atoms with E-state index in [-0.39, 0.29) is 0 Å². The van der Waals surface area contributed by atoms with Gasteiger partial charge in [0.25, 0.3) is 0 Å². The number of methoxy groups -OCH3 is 1. The molecule has 0 unspecified atom stereocenters. The lowest BCUT2D eigenvalue weighted by atomic mass is 10.2. The lowest BCUT2D eigenvalue weighted by molar-refractivity contribution is 0.147. The summed E-state index contributed by atoms with van der Waals surface area (Å²) < 4.78 is 7.07. The Bertz CT molecular complexity index is 526. The van der Waals surface area contributed by atoms with Crippen molar-refractivity contribution >= 4 is 22.5 Å². The molecular formula is C14H20ClN3O. The summed E-state index contributed by atoms with van der Waals surface area (Å²) in [6, 6.07) is 8.30. The van der Waals surface area contributed by atoms with Crippen molar-refractivity contribution in [3.05, 3.63) is 30.0 Å². The second kappa shape index (κ2) is 6.89. The lowest BCUT2D eigenvalue weighted by Crippen LogP contribution is -2.29. The molecule has 0 atom stereocenters. The van der Waals surface area contributed by atoms with Gasteiger partial charge in [0, 0.05) is 45.1 Å². The Hall–Kier alpha value is -1.10. The highest BCUT2D eigenvalue weighted by Crippen LogP contribution is 2.18. The topological polar surface area (TPSA) is 30.3 Å². The quantitative estimate of drug-likeness (QED) is 0.730. The van der Waals surface area contributed by atoms with E-state index in [1.807, 2.05) is 17.8 Å². The fraction of sp³-hybridized carbons (Fsp3) is 0.500. The van der Waals surface area contributed by atoms with Gasteiger partial charge in [-0.2, -0.15) is 5.10 Å². The van der Waals surface area contributed by atoms with Gasteiger partial charge in [-0.25, -0.2) is 0 Å². The molecule has 0 aliphatic rings. The molecule has 5 heteroatoms. The van der Waals surface area contributed by atoms with Crippen molar-refractivity contribution < 1.29 is 4.74 Å². The van der Waals surface area contributed by atoms with Crippen molar-refractivity contribution in [3.63, 3.8) is 0 Å². The molecule has 2 rings (SSSR count). The van der Waals surface area contributed by atoms with Crippen LogP contribution in [0.5, 0.6) is 0 Å². The number of hydrogen-bond donors (Lipinski definition) is 0. The number of nitrogens with zero attached hydrogens (tertiary/aromatic N) is 3. The van der Waals surface area contributed by atoms with E-state index in [2.05, 4.69) is 28.2 Å². The fourth-order valence-electron chi connectivity index (χ4n) is 2.23. The maximum Gasteiger partial charge on any atom is 0.0843 e. The highest BCUT2D eigenvalue weighted by Gasteiger charge is 2.12. The normalized spacial score (nSPS) is 11.6. The molecule has 0 bridgehead atoms. The number of halogens is 1. The van der Waals surface area contributed by atoms with Gasteiger partial charge in [-0.15, -0.1) is 11.6 Å². The molecule has 1 aromatic carbocycles. The smallest absolute Gasteiger partial charge is 0.0843 e. The van der Waals surface area contributed by atoms with E-state index >= 15 is 0 Å². The number of fused-ring (bicyclic) bond motifs is 1. The summed E-state index contributed by atoms with van der Waals surface area (Å²) in [5, 5.41) is 5.82. The molecule has 4 nitrogen and oxygen atoms in total. The third kappa shape index (κ3) is 3.47. The molecule has 0 aliphatic carbocycles. The van der Waals surface area contributed by atoms with Crippen molar-refractivity contribution in [2.75, 3.05) is 32.7 Å². The van der Waals surface area contributed by atoms with E-state index in [1.165, 1.54) is 5.39 Å². The summed E-state index contributed by atoms with van der Waals surface area (Å²) in [6.07, 6.45) is 0. The van der Waals surface area contributed by atoms with Gasteiger partial charge in [0.05, 0.1) is 17.8 Å². The molecule has 0 spiro atoms. The van der Waals surface area contributed by atoms with Crippen LogP contribution in [-0.4, -0.2) is 47.4 Å². The van der Waals surface area contributed by atoms with Crippen LogP contribution in [0.25, 0.3) is 10.9 Å².